The number of aliphatic hydroxyl groups is 1. The molecule has 9 nitrogen and oxygen atoms in total. The number of nitrogens with zero attached hydrogens (tertiary/aromatic N) is 3. The summed E-state index contributed by atoms with van der Waals surface area (Å²) in [6.45, 7) is 4.94. The molecule has 5 rings (SSSR count). The van der Waals surface area contributed by atoms with Crippen LogP contribution in [0, 0.1) is 16.0 Å². The van der Waals surface area contributed by atoms with Crippen molar-refractivity contribution in [2.45, 2.75) is 62.7 Å². The number of ether oxygens (including phenoxy) is 1. The highest BCUT2D eigenvalue weighted by Crippen LogP contribution is 2.60. The number of likely N-dealkylation sites (N-methyl/N-ethyl adjacent to an activating group) is 1. The number of halogens is 1. The largest absolute Gasteiger partial charge is 0.394 e. The molecule has 2 aromatic rings. The van der Waals surface area contributed by atoms with Crippen LogP contribution in [0.15, 0.2) is 42.5 Å². The molecule has 3 aliphatic rings. The smallest absolute Gasteiger partial charge is 0.269 e. The van der Waals surface area contributed by atoms with Crippen molar-refractivity contribution in [1.82, 2.24) is 4.90 Å². The van der Waals surface area contributed by atoms with Crippen LogP contribution in [0.25, 0.3) is 0 Å². The highest BCUT2D eigenvalue weighted by atomic mass is 28.4. The van der Waals surface area contributed by atoms with Gasteiger partial charge >= 0.3 is 0 Å². The molecule has 3 heterocycles. The summed E-state index contributed by atoms with van der Waals surface area (Å²) in [4.78, 5) is 41.4. The fourth-order valence-corrected chi connectivity index (χ4v) is 9.28. The van der Waals surface area contributed by atoms with Crippen molar-refractivity contribution in [2.24, 2.45) is 5.92 Å². The third kappa shape index (κ3) is 3.95. The Morgan fingerprint density at radius 2 is 1.95 bits per heavy atom. The van der Waals surface area contributed by atoms with Gasteiger partial charge in [-0.25, -0.2) is 0 Å². The van der Waals surface area contributed by atoms with Crippen LogP contribution in [-0.2, 0) is 32.9 Å². The van der Waals surface area contributed by atoms with Gasteiger partial charge in [0.15, 0.2) is 5.60 Å². The molecule has 1 fully saturated rings. The number of carbonyl (C=O) groups is 2. The molecule has 1 spiro atoms. The Kier molecular flexibility index (Phi) is 6.44. The molecule has 1 N–H and O–H groups in total. The summed E-state index contributed by atoms with van der Waals surface area (Å²) in [6.07, 6.45) is -0.544. The van der Waals surface area contributed by atoms with Gasteiger partial charge in [0.2, 0.25) is 14.3 Å². The van der Waals surface area contributed by atoms with Gasteiger partial charge in [-0.05, 0) is 36.7 Å². The van der Waals surface area contributed by atoms with E-state index in [9.17, 15) is 24.8 Å². The Hall–Kier alpha value is -3.15. The molecule has 202 valence electrons. The lowest BCUT2D eigenvalue weighted by Gasteiger charge is -2.37. The van der Waals surface area contributed by atoms with Crippen molar-refractivity contribution in [3.63, 3.8) is 0 Å². The number of nitro benzene ring substituents is 1. The normalized spacial score (nSPS) is 28.5. The zero-order valence-corrected chi connectivity index (χ0v) is 22.9. The number of benzene rings is 2. The van der Waals surface area contributed by atoms with E-state index in [0.717, 1.165) is 11.1 Å². The number of carbonyl (C=O) groups excluding carboxylic acids is 2. The van der Waals surface area contributed by atoms with Crippen LogP contribution in [0.1, 0.15) is 30.0 Å². The minimum absolute atomic E-state index is 0.156. The van der Waals surface area contributed by atoms with Crippen LogP contribution in [-0.4, -0.2) is 61.0 Å². The molecule has 2 aromatic carbocycles. The van der Waals surface area contributed by atoms with Gasteiger partial charge in [0.1, 0.15) is 0 Å². The first-order valence-corrected chi connectivity index (χ1v) is 15.8. The van der Waals surface area contributed by atoms with Gasteiger partial charge in [0, 0.05) is 42.7 Å². The van der Waals surface area contributed by atoms with Crippen LogP contribution in [0.5, 0.6) is 0 Å². The third-order valence-corrected chi connectivity index (χ3v) is 11.0. The number of fused-ring (bicyclic) bond motifs is 3. The van der Waals surface area contributed by atoms with Crippen molar-refractivity contribution < 1.29 is 28.5 Å². The van der Waals surface area contributed by atoms with Crippen LogP contribution in [0.4, 0.5) is 15.5 Å². The number of aliphatic hydroxyl groups excluding tert-OH is 1. The van der Waals surface area contributed by atoms with E-state index in [0.29, 0.717) is 24.2 Å². The topological polar surface area (TPSA) is 113 Å². The zero-order chi connectivity index (χ0) is 27.6. The van der Waals surface area contributed by atoms with Crippen LogP contribution in [0.3, 0.4) is 0 Å². The average molecular weight is 542 g/mol. The molecular weight excluding hydrogens is 509 g/mol. The van der Waals surface area contributed by atoms with E-state index >= 15 is 4.11 Å². The maximum atomic E-state index is 15.9. The van der Waals surface area contributed by atoms with Crippen molar-refractivity contribution in [1.29, 1.82) is 0 Å². The van der Waals surface area contributed by atoms with Gasteiger partial charge in [-0.15, -0.1) is 0 Å². The van der Waals surface area contributed by atoms with Crippen LogP contribution >= 0.6 is 0 Å². The fraction of sp³-hybridized carbons (Fsp3) is 0.481. The van der Waals surface area contributed by atoms with E-state index in [1.807, 2.05) is 24.3 Å². The summed E-state index contributed by atoms with van der Waals surface area (Å²) in [5.74, 6) is -1.35. The summed E-state index contributed by atoms with van der Waals surface area (Å²) in [5.41, 5.74) is 0.370. The molecule has 3 aliphatic heterocycles. The molecular formula is C27H32FN3O6Si. The molecule has 0 unspecified atom stereocenters. The first-order chi connectivity index (χ1) is 17.9. The summed E-state index contributed by atoms with van der Waals surface area (Å²) < 4.78 is 22.4. The van der Waals surface area contributed by atoms with E-state index in [1.165, 1.54) is 23.1 Å². The van der Waals surface area contributed by atoms with Crippen LogP contribution < -0.4 is 4.90 Å². The second-order valence-corrected chi connectivity index (χ2v) is 14.9. The van der Waals surface area contributed by atoms with E-state index in [1.54, 1.807) is 32.0 Å². The standard InChI is InChI=1S/C27H32FN3O6Si/c1-16-25(38(3,4)28)23(13-24(33)30-14-18-8-6-5-7-17(18)11-20(30)15-32)37-27(16)21-12-19(31(35)36)9-10-22(21)29(2)26(27)34/h5-10,12,16,20,23,25,32H,11,13-15H2,1-4H3/t16-,20-,23+,25-,27+/m0/s1. The van der Waals surface area contributed by atoms with E-state index < -0.39 is 48.4 Å². The van der Waals surface area contributed by atoms with Crippen LogP contribution in [0.2, 0.25) is 18.6 Å². The van der Waals surface area contributed by atoms with Crippen molar-refractivity contribution in [2.75, 3.05) is 18.6 Å². The first kappa shape index (κ1) is 26.5. The molecule has 0 saturated carbocycles. The lowest BCUT2D eigenvalue weighted by atomic mass is 9.82. The molecule has 0 aromatic heterocycles. The Morgan fingerprint density at radius 3 is 2.58 bits per heavy atom. The number of nitro groups is 1. The van der Waals surface area contributed by atoms with Crippen molar-refractivity contribution in [3.8, 4) is 0 Å². The summed E-state index contributed by atoms with van der Waals surface area (Å²) >= 11 is 0. The Bertz CT molecular complexity index is 1320. The quantitative estimate of drug-likeness (QED) is 0.267. The van der Waals surface area contributed by atoms with Crippen molar-refractivity contribution >= 4 is 31.6 Å². The Morgan fingerprint density at radius 1 is 1.26 bits per heavy atom. The number of anilines is 1. The number of amides is 2. The molecule has 0 bridgehead atoms. The van der Waals surface area contributed by atoms with Gasteiger partial charge in [0.05, 0.1) is 35.8 Å². The van der Waals surface area contributed by atoms with E-state index in [4.69, 9.17) is 4.74 Å². The molecule has 11 heteroatoms. The molecule has 2 amide bonds. The van der Waals surface area contributed by atoms with Gasteiger partial charge in [-0.2, -0.15) is 0 Å². The van der Waals surface area contributed by atoms with Gasteiger partial charge in [-0.1, -0.05) is 31.2 Å². The molecule has 5 atom stereocenters. The maximum absolute atomic E-state index is 15.9. The SMILES string of the molecule is C[C@H]1[C@H]([Si](C)(C)F)[C@@H](CC(=O)N2Cc3ccccc3C[C@H]2CO)O[C@]12C(=O)N(C)c1ccc([N+](=O)[O-])cc12. The minimum Gasteiger partial charge on any atom is -0.394 e. The summed E-state index contributed by atoms with van der Waals surface area (Å²) in [7, 11) is -1.93. The number of hydrogen-bond acceptors (Lipinski definition) is 6. The molecule has 0 aliphatic carbocycles. The zero-order valence-electron chi connectivity index (χ0n) is 21.9. The Labute approximate surface area is 221 Å². The number of hydrogen-bond donors (Lipinski definition) is 1. The molecule has 1 saturated heterocycles. The van der Waals surface area contributed by atoms with Gasteiger partial charge in [0.25, 0.3) is 11.6 Å². The fourth-order valence-electron chi connectivity index (χ4n) is 6.79. The highest BCUT2D eigenvalue weighted by molar-refractivity contribution is 6.72. The second-order valence-electron chi connectivity index (χ2n) is 11.1. The second kappa shape index (κ2) is 9.25. The predicted molar refractivity (Wildman–Crippen MR) is 141 cm³/mol. The number of rotatable bonds is 5. The minimum atomic E-state index is -3.50. The first-order valence-electron chi connectivity index (χ1n) is 12.8. The van der Waals surface area contributed by atoms with E-state index in [2.05, 4.69) is 0 Å². The average Bonchev–Trinajstić information content (AvgIpc) is 3.29. The summed E-state index contributed by atoms with van der Waals surface area (Å²) in [5, 5.41) is 21.6. The predicted octanol–water partition coefficient (Wildman–Crippen LogP) is 3.68. The van der Waals surface area contributed by atoms with Gasteiger partial charge < -0.3 is 23.8 Å². The monoisotopic (exact) mass is 541 g/mol. The maximum Gasteiger partial charge on any atom is 0.269 e. The van der Waals surface area contributed by atoms with Crippen molar-refractivity contribution in [3.05, 3.63) is 69.3 Å². The molecule has 38 heavy (non-hydrogen) atoms. The molecule has 0 radical (unpaired) electrons. The highest BCUT2D eigenvalue weighted by Gasteiger charge is 2.67. The van der Waals surface area contributed by atoms with Gasteiger partial charge in [-0.3, -0.25) is 19.7 Å². The summed E-state index contributed by atoms with van der Waals surface area (Å²) in [6, 6.07) is 11.5. The lowest BCUT2D eigenvalue weighted by Crippen LogP contribution is -2.48. The lowest BCUT2D eigenvalue weighted by molar-refractivity contribution is -0.385. The third-order valence-electron chi connectivity index (χ3n) is 8.55. The van der Waals surface area contributed by atoms with E-state index in [-0.39, 0.29) is 24.6 Å². The number of non-ortho nitro benzene ring substituents is 1. The Balaban J connectivity index is 1.51.